The summed E-state index contributed by atoms with van der Waals surface area (Å²) in [6.07, 6.45) is -5.08. The van der Waals surface area contributed by atoms with Crippen molar-refractivity contribution in [3.05, 3.63) is 54.4 Å². The first-order chi connectivity index (χ1) is 16.6. The van der Waals surface area contributed by atoms with Crippen molar-refractivity contribution in [3.63, 3.8) is 0 Å². The molecular weight excluding hydrogens is 465 g/mol. The number of hydrogen-bond donors (Lipinski definition) is 3. The number of carbonyl (C=O) groups is 2. The van der Waals surface area contributed by atoms with Gasteiger partial charge in [-0.05, 0) is 37.4 Å². The highest BCUT2D eigenvalue weighted by atomic mass is 19.4. The average molecular weight is 490 g/mol. The van der Waals surface area contributed by atoms with E-state index in [0.29, 0.717) is 5.95 Å². The van der Waals surface area contributed by atoms with E-state index in [2.05, 4.69) is 43.6 Å². The molecule has 0 spiro atoms. The number of aromatic nitrogens is 4. The van der Waals surface area contributed by atoms with Crippen LogP contribution in [0.3, 0.4) is 0 Å². The quantitative estimate of drug-likeness (QED) is 0.359. The number of anilines is 1. The monoisotopic (exact) mass is 490 g/mol. The second-order valence-electron chi connectivity index (χ2n) is 7.46. The molecule has 9 nitrogen and oxygen atoms in total. The molecule has 0 unspecified atom stereocenters. The van der Waals surface area contributed by atoms with Crippen molar-refractivity contribution >= 4 is 39.9 Å². The molecule has 0 atom stereocenters. The number of aromatic amines is 1. The van der Waals surface area contributed by atoms with Crippen molar-refractivity contribution in [3.8, 4) is 0 Å². The van der Waals surface area contributed by atoms with Crippen LogP contribution in [-0.2, 0) is 11.3 Å². The Balaban J connectivity index is 0.000000429. The number of alkyl halides is 3. The van der Waals surface area contributed by atoms with E-state index in [1.807, 2.05) is 48.5 Å². The van der Waals surface area contributed by atoms with Gasteiger partial charge in [-0.25, -0.2) is 14.8 Å². The van der Waals surface area contributed by atoms with Crippen LogP contribution in [0, 0.1) is 0 Å². The van der Waals surface area contributed by atoms with E-state index in [-0.39, 0.29) is 11.7 Å². The molecule has 2 aromatic carbocycles. The summed E-state index contributed by atoms with van der Waals surface area (Å²) >= 11 is 0. The van der Waals surface area contributed by atoms with E-state index in [4.69, 9.17) is 9.90 Å². The molecule has 0 aliphatic heterocycles. The van der Waals surface area contributed by atoms with Crippen molar-refractivity contribution in [2.24, 2.45) is 0 Å². The van der Waals surface area contributed by atoms with Crippen LogP contribution in [0.15, 0.2) is 48.5 Å². The first kappa shape index (κ1) is 25.7. The van der Waals surface area contributed by atoms with Crippen LogP contribution in [0.5, 0.6) is 0 Å². The van der Waals surface area contributed by atoms with Crippen LogP contribution in [0.1, 0.15) is 24.5 Å². The van der Waals surface area contributed by atoms with Crippen molar-refractivity contribution in [1.82, 2.24) is 24.4 Å². The molecule has 0 bridgehead atoms. The van der Waals surface area contributed by atoms with Gasteiger partial charge < -0.3 is 19.6 Å². The van der Waals surface area contributed by atoms with Crippen molar-refractivity contribution in [2.45, 2.75) is 26.6 Å². The van der Waals surface area contributed by atoms with Gasteiger partial charge in [-0.1, -0.05) is 38.1 Å². The molecule has 0 saturated heterocycles. The molecule has 35 heavy (non-hydrogen) atoms. The number of carboxylic acids is 1. The van der Waals surface area contributed by atoms with Gasteiger partial charge >= 0.3 is 12.1 Å². The van der Waals surface area contributed by atoms with E-state index >= 15 is 0 Å². The van der Waals surface area contributed by atoms with Crippen LogP contribution in [0.4, 0.5) is 19.1 Å². The Bertz CT molecular complexity index is 1280. The predicted octanol–water partition coefficient (Wildman–Crippen LogP) is 4.14. The molecule has 186 valence electrons. The molecule has 0 saturated carbocycles. The molecule has 12 heteroatoms. The third-order valence-corrected chi connectivity index (χ3v) is 5.26. The maximum Gasteiger partial charge on any atom is 0.490 e. The Morgan fingerprint density at radius 2 is 1.63 bits per heavy atom. The summed E-state index contributed by atoms with van der Waals surface area (Å²) < 4.78 is 33.8. The van der Waals surface area contributed by atoms with E-state index in [0.717, 1.165) is 48.2 Å². The number of nitrogens with zero attached hydrogens (tertiary/aromatic N) is 4. The van der Waals surface area contributed by atoms with Gasteiger partial charge in [0.25, 0.3) is 5.91 Å². The standard InChI is InChI=1S/C21H24N6O.C2HF3O2/c1-3-26(4-2)13-14-27-18-12-8-7-11-17(18)24-21(27)25-20(28)19-22-15-9-5-6-10-16(15)23-19;3-2(4,5)1(6)7/h5-12H,3-4,13-14H2,1-2H3,(H,22,23)(H,24,25,28);(H,6,7). The van der Waals surface area contributed by atoms with E-state index in [1.165, 1.54) is 0 Å². The minimum Gasteiger partial charge on any atom is -0.475 e. The van der Waals surface area contributed by atoms with Gasteiger partial charge in [-0.15, -0.1) is 0 Å². The normalized spacial score (nSPS) is 11.5. The summed E-state index contributed by atoms with van der Waals surface area (Å²) in [5, 5.41) is 10.1. The number of nitrogens with one attached hydrogen (secondary N) is 2. The number of aliphatic carboxylic acids is 1. The number of likely N-dealkylation sites (N-methyl/N-ethyl adjacent to an activating group) is 1. The number of hydrogen-bond acceptors (Lipinski definition) is 5. The zero-order valence-electron chi connectivity index (χ0n) is 19.1. The largest absolute Gasteiger partial charge is 0.490 e. The highest BCUT2D eigenvalue weighted by molar-refractivity contribution is 6.03. The van der Waals surface area contributed by atoms with Crippen LogP contribution in [0.2, 0.25) is 0 Å². The van der Waals surface area contributed by atoms with Crippen LogP contribution < -0.4 is 5.32 Å². The Hall–Kier alpha value is -3.93. The fourth-order valence-corrected chi connectivity index (χ4v) is 3.40. The Kier molecular flexibility index (Phi) is 8.07. The number of benzene rings is 2. The van der Waals surface area contributed by atoms with Gasteiger partial charge in [0.15, 0.2) is 5.82 Å². The molecule has 0 aliphatic rings. The zero-order chi connectivity index (χ0) is 25.6. The van der Waals surface area contributed by atoms with Crippen molar-refractivity contribution in [2.75, 3.05) is 25.0 Å². The summed E-state index contributed by atoms with van der Waals surface area (Å²) in [6.45, 7) is 7.92. The van der Waals surface area contributed by atoms with Gasteiger partial charge in [0.05, 0.1) is 22.1 Å². The number of H-pyrrole nitrogens is 1. The summed E-state index contributed by atoms with van der Waals surface area (Å²) in [5.41, 5.74) is 3.47. The topological polar surface area (TPSA) is 116 Å². The second-order valence-corrected chi connectivity index (χ2v) is 7.46. The lowest BCUT2D eigenvalue weighted by atomic mass is 10.3. The number of carbonyl (C=O) groups excluding carboxylic acids is 1. The molecule has 1 amide bonds. The lowest BCUT2D eigenvalue weighted by molar-refractivity contribution is -0.192. The fourth-order valence-electron chi connectivity index (χ4n) is 3.40. The highest BCUT2D eigenvalue weighted by Crippen LogP contribution is 2.20. The minimum absolute atomic E-state index is 0.281. The van der Waals surface area contributed by atoms with Crippen LogP contribution >= 0.6 is 0 Å². The fraction of sp³-hybridized carbons (Fsp3) is 0.304. The maximum absolute atomic E-state index is 12.8. The zero-order valence-corrected chi connectivity index (χ0v) is 19.1. The Morgan fingerprint density at radius 3 is 2.23 bits per heavy atom. The van der Waals surface area contributed by atoms with Crippen LogP contribution in [0.25, 0.3) is 22.1 Å². The molecule has 3 N–H and O–H groups in total. The number of carboxylic acid groups (broad SMARTS) is 1. The molecule has 0 aliphatic carbocycles. The molecule has 0 radical (unpaired) electrons. The summed E-state index contributed by atoms with van der Waals surface area (Å²) in [4.78, 5) is 36.1. The number of fused-ring (bicyclic) bond motifs is 2. The lowest BCUT2D eigenvalue weighted by Crippen LogP contribution is -2.27. The minimum atomic E-state index is -5.08. The third kappa shape index (κ3) is 6.35. The molecular formula is C23H25F3N6O3. The summed E-state index contributed by atoms with van der Waals surface area (Å²) in [6, 6.07) is 15.5. The van der Waals surface area contributed by atoms with Crippen molar-refractivity contribution in [1.29, 1.82) is 0 Å². The van der Waals surface area contributed by atoms with Gasteiger partial charge in [-0.2, -0.15) is 13.2 Å². The molecule has 2 heterocycles. The number of rotatable bonds is 7. The van der Waals surface area contributed by atoms with Gasteiger partial charge in [0.1, 0.15) is 0 Å². The molecule has 0 fully saturated rings. The SMILES string of the molecule is CCN(CC)CCn1c(NC(=O)c2nc3ccccc3[nH]2)nc2ccccc21.O=C(O)C(F)(F)F. The molecule has 4 rings (SSSR count). The van der Waals surface area contributed by atoms with Gasteiger partial charge in [-0.3, -0.25) is 10.1 Å². The number of amides is 1. The first-order valence-corrected chi connectivity index (χ1v) is 10.9. The second kappa shape index (κ2) is 11.0. The molecule has 2 aromatic heterocycles. The first-order valence-electron chi connectivity index (χ1n) is 10.9. The average Bonchev–Trinajstić information content (AvgIpc) is 3.41. The van der Waals surface area contributed by atoms with E-state index in [1.54, 1.807) is 0 Å². The summed E-state index contributed by atoms with van der Waals surface area (Å²) in [5.74, 6) is -2.23. The number of halogens is 3. The highest BCUT2D eigenvalue weighted by Gasteiger charge is 2.38. The van der Waals surface area contributed by atoms with E-state index in [9.17, 15) is 18.0 Å². The van der Waals surface area contributed by atoms with Gasteiger partial charge in [0, 0.05) is 13.1 Å². The smallest absolute Gasteiger partial charge is 0.475 e. The Morgan fingerprint density at radius 1 is 1.03 bits per heavy atom. The van der Waals surface area contributed by atoms with Crippen molar-refractivity contribution < 1.29 is 27.9 Å². The number of para-hydroxylation sites is 4. The lowest BCUT2D eigenvalue weighted by Gasteiger charge is -2.19. The van der Waals surface area contributed by atoms with Crippen LogP contribution in [-0.4, -0.2) is 67.2 Å². The summed E-state index contributed by atoms with van der Waals surface area (Å²) in [7, 11) is 0. The van der Waals surface area contributed by atoms with E-state index < -0.39 is 12.1 Å². The molecule has 4 aromatic rings. The Labute approximate surface area is 198 Å². The maximum atomic E-state index is 12.8. The van der Waals surface area contributed by atoms with Gasteiger partial charge in [0.2, 0.25) is 5.95 Å². The predicted molar refractivity (Wildman–Crippen MR) is 125 cm³/mol. The number of imidazole rings is 2. The third-order valence-electron chi connectivity index (χ3n) is 5.26.